The standard InChI is InChI=1S/C18H25N3/c1-14(15-8-4-2-5-9-15)19-12-17-13-20-21-18(17)16-10-6-3-7-11-16/h3,6-7,10-11,13-15,19H,2,4-5,8-9,12H2,1H3,(H,20,21). The lowest BCUT2D eigenvalue weighted by atomic mass is 9.84. The van der Waals surface area contributed by atoms with Crippen LogP contribution in [0.25, 0.3) is 11.3 Å². The predicted octanol–water partition coefficient (Wildman–Crippen LogP) is 4.14. The molecule has 0 saturated heterocycles. The minimum Gasteiger partial charge on any atom is -0.310 e. The minimum absolute atomic E-state index is 0.587. The number of aromatic amines is 1. The Morgan fingerprint density at radius 1 is 1.19 bits per heavy atom. The summed E-state index contributed by atoms with van der Waals surface area (Å²) < 4.78 is 0. The van der Waals surface area contributed by atoms with Gasteiger partial charge in [0.05, 0.1) is 11.9 Å². The van der Waals surface area contributed by atoms with Crippen LogP contribution in [0.2, 0.25) is 0 Å². The van der Waals surface area contributed by atoms with Gasteiger partial charge in [-0.05, 0) is 31.2 Å². The maximum absolute atomic E-state index is 4.22. The van der Waals surface area contributed by atoms with Crippen LogP contribution in [0.5, 0.6) is 0 Å². The number of nitrogens with one attached hydrogen (secondary N) is 2. The number of hydrogen-bond donors (Lipinski definition) is 2. The molecule has 3 nitrogen and oxygen atoms in total. The number of hydrogen-bond acceptors (Lipinski definition) is 2. The topological polar surface area (TPSA) is 40.7 Å². The molecule has 21 heavy (non-hydrogen) atoms. The van der Waals surface area contributed by atoms with Gasteiger partial charge in [-0.2, -0.15) is 5.10 Å². The minimum atomic E-state index is 0.587. The second-order valence-electron chi connectivity index (χ2n) is 6.20. The average molecular weight is 283 g/mol. The number of benzene rings is 1. The van der Waals surface area contributed by atoms with E-state index in [1.54, 1.807) is 0 Å². The molecule has 112 valence electrons. The molecule has 0 amide bonds. The summed E-state index contributed by atoms with van der Waals surface area (Å²) in [7, 11) is 0. The Labute approximate surface area is 127 Å². The third-order valence-corrected chi connectivity index (χ3v) is 4.75. The molecule has 1 aromatic heterocycles. The second-order valence-corrected chi connectivity index (χ2v) is 6.20. The normalized spacial score (nSPS) is 17.8. The molecule has 0 spiro atoms. The smallest absolute Gasteiger partial charge is 0.0695 e. The molecule has 1 aliphatic rings. The van der Waals surface area contributed by atoms with Crippen LogP contribution in [-0.2, 0) is 6.54 Å². The molecule has 0 aliphatic heterocycles. The molecule has 1 aromatic carbocycles. The van der Waals surface area contributed by atoms with E-state index in [1.807, 2.05) is 12.3 Å². The molecule has 1 saturated carbocycles. The van der Waals surface area contributed by atoms with Crippen LogP contribution in [-0.4, -0.2) is 16.2 Å². The van der Waals surface area contributed by atoms with Crippen LogP contribution >= 0.6 is 0 Å². The van der Waals surface area contributed by atoms with Crippen molar-refractivity contribution in [2.24, 2.45) is 5.92 Å². The van der Waals surface area contributed by atoms with Crippen molar-refractivity contribution >= 4 is 0 Å². The zero-order valence-corrected chi connectivity index (χ0v) is 12.8. The van der Waals surface area contributed by atoms with Crippen molar-refractivity contribution in [2.75, 3.05) is 0 Å². The van der Waals surface area contributed by atoms with Gasteiger partial charge in [0, 0.05) is 18.2 Å². The summed E-state index contributed by atoms with van der Waals surface area (Å²) in [6.45, 7) is 3.22. The van der Waals surface area contributed by atoms with Crippen molar-refractivity contribution in [2.45, 2.75) is 51.6 Å². The first-order chi connectivity index (χ1) is 10.3. The lowest BCUT2D eigenvalue weighted by molar-refractivity contribution is 0.281. The Morgan fingerprint density at radius 3 is 2.71 bits per heavy atom. The van der Waals surface area contributed by atoms with E-state index in [1.165, 1.54) is 43.2 Å². The third-order valence-electron chi connectivity index (χ3n) is 4.75. The summed E-state index contributed by atoms with van der Waals surface area (Å²) in [6.07, 6.45) is 8.93. The van der Waals surface area contributed by atoms with E-state index in [0.717, 1.165) is 18.2 Å². The molecule has 1 heterocycles. The fraction of sp³-hybridized carbons (Fsp3) is 0.500. The fourth-order valence-electron chi connectivity index (χ4n) is 3.37. The molecule has 3 heteroatoms. The monoisotopic (exact) mass is 283 g/mol. The van der Waals surface area contributed by atoms with Gasteiger partial charge >= 0.3 is 0 Å². The molecule has 2 N–H and O–H groups in total. The molecule has 1 fully saturated rings. The number of aromatic nitrogens is 2. The van der Waals surface area contributed by atoms with Crippen molar-refractivity contribution < 1.29 is 0 Å². The van der Waals surface area contributed by atoms with Crippen molar-refractivity contribution in [3.05, 3.63) is 42.1 Å². The highest BCUT2D eigenvalue weighted by Crippen LogP contribution is 2.27. The summed E-state index contributed by atoms with van der Waals surface area (Å²) in [5, 5.41) is 11.1. The van der Waals surface area contributed by atoms with Crippen molar-refractivity contribution in [1.29, 1.82) is 0 Å². The van der Waals surface area contributed by atoms with Gasteiger partial charge in [-0.1, -0.05) is 49.6 Å². The van der Waals surface area contributed by atoms with Gasteiger partial charge in [0.15, 0.2) is 0 Å². The van der Waals surface area contributed by atoms with Gasteiger partial charge in [0.1, 0.15) is 0 Å². The van der Waals surface area contributed by atoms with Crippen LogP contribution in [0, 0.1) is 5.92 Å². The Hall–Kier alpha value is -1.61. The first-order valence-electron chi connectivity index (χ1n) is 8.15. The summed E-state index contributed by atoms with van der Waals surface area (Å²) in [6, 6.07) is 11.0. The van der Waals surface area contributed by atoms with E-state index in [-0.39, 0.29) is 0 Å². The second kappa shape index (κ2) is 6.90. The van der Waals surface area contributed by atoms with E-state index in [9.17, 15) is 0 Å². The Kier molecular flexibility index (Phi) is 4.71. The zero-order chi connectivity index (χ0) is 14.5. The Balaban J connectivity index is 1.62. The van der Waals surface area contributed by atoms with E-state index < -0.39 is 0 Å². The Bertz CT molecular complexity index is 541. The molecule has 1 unspecified atom stereocenters. The van der Waals surface area contributed by atoms with Gasteiger partial charge in [-0.25, -0.2) is 0 Å². The quantitative estimate of drug-likeness (QED) is 0.866. The maximum atomic E-state index is 4.22. The largest absolute Gasteiger partial charge is 0.310 e. The van der Waals surface area contributed by atoms with Gasteiger partial charge in [0.25, 0.3) is 0 Å². The zero-order valence-electron chi connectivity index (χ0n) is 12.8. The molecule has 3 rings (SSSR count). The van der Waals surface area contributed by atoms with Crippen LogP contribution in [0.3, 0.4) is 0 Å². The lowest BCUT2D eigenvalue weighted by Crippen LogP contribution is -2.34. The molecule has 1 atom stereocenters. The number of H-pyrrole nitrogens is 1. The van der Waals surface area contributed by atoms with E-state index >= 15 is 0 Å². The third kappa shape index (κ3) is 3.53. The molecular weight excluding hydrogens is 258 g/mol. The predicted molar refractivity (Wildman–Crippen MR) is 86.9 cm³/mol. The molecule has 0 bridgehead atoms. The van der Waals surface area contributed by atoms with Gasteiger partial charge in [0.2, 0.25) is 0 Å². The molecule has 2 aromatic rings. The molecule has 1 aliphatic carbocycles. The highest BCUT2D eigenvalue weighted by atomic mass is 15.1. The summed E-state index contributed by atoms with van der Waals surface area (Å²) in [4.78, 5) is 0. The summed E-state index contributed by atoms with van der Waals surface area (Å²) in [5.41, 5.74) is 3.60. The average Bonchev–Trinajstić information content (AvgIpc) is 3.03. The SMILES string of the molecule is CC(NCc1cn[nH]c1-c1ccccc1)C1CCCCC1. The summed E-state index contributed by atoms with van der Waals surface area (Å²) in [5.74, 6) is 0.839. The maximum Gasteiger partial charge on any atom is 0.0695 e. The van der Waals surface area contributed by atoms with Crippen LogP contribution < -0.4 is 5.32 Å². The van der Waals surface area contributed by atoms with Crippen LogP contribution in [0.1, 0.15) is 44.6 Å². The van der Waals surface area contributed by atoms with Crippen LogP contribution in [0.15, 0.2) is 36.5 Å². The van der Waals surface area contributed by atoms with Crippen molar-refractivity contribution in [3.8, 4) is 11.3 Å². The highest BCUT2D eigenvalue weighted by Gasteiger charge is 2.20. The van der Waals surface area contributed by atoms with Crippen LogP contribution in [0.4, 0.5) is 0 Å². The van der Waals surface area contributed by atoms with Crippen molar-refractivity contribution in [3.63, 3.8) is 0 Å². The van der Waals surface area contributed by atoms with E-state index in [0.29, 0.717) is 6.04 Å². The summed E-state index contributed by atoms with van der Waals surface area (Å²) >= 11 is 0. The lowest BCUT2D eigenvalue weighted by Gasteiger charge is -2.28. The molecular formula is C18H25N3. The number of rotatable bonds is 5. The number of nitrogens with zero attached hydrogens (tertiary/aromatic N) is 1. The van der Waals surface area contributed by atoms with Gasteiger partial charge in [-0.3, -0.25) is 5.10 Å². The highest BCUT2D eigenvalue weighted by molar-refractivity contribution is 5.62. The van der Waals surface area contributed by atoms with Gasteiger partial charge < -0.3 is 5.32 Å². The Morgan fingerprint density at radius 2 is 1.95 bits per heavy atom. The van der Waals surface area contributed by atoms with E-state index in [2.05, 4.69) is 46.7 Å². The first-order valence-corrected chi connectivity index (χ1v) is 8.15. The molecule has 0 radical (unpaired) electrons. The van der Waals surface area contributed by atoms with Crippen molar-refractivity contribution in [1.82, 2.24) is 15.5 Å². The van der Waals surface area contributed by atoms with Gasteiger partial charge in [-0.15, -0.1) is 0 Å². The first kappa shape index (κ1) is 14.3. The van der Waals surface area contributed by atoms with E-state index in [4.69, 9.17) is 0 Å². The fourth-order valence-corrected chi connectivity index (χ4v) is 3.37.